The third kappa shape index (κ3) is 4.58. The van der Waals surface area contributed by atoms with Crippen LogP contribution in [0.2, 0.25) is 0 Å². The zero-order valence-corrected chi connectivity index (χ0v) is 15.6. The SMILES string of the molecule is Brc1ccc(NC2CCN(Cc3cccc(Br)c3)CC2)cc1. The number of rotatable bonds is 4. The molecule has 2 aromatic carbocycles. The molecule has 0 bridgehead atoms. The predicted molar refractivity (Wildman–Crippen MR) is 100 cm³/mol. The molecule has 0 radical (unpaired) electrons. The monoisotopic (exact) mass is 422 g/mol. The van der Waals surface area contributed by atoms with Gasteiger partial charge in [0.05, 0.1) is 0 Å². The van der Waals surface area contributed by atoms with Gasteiger partial charge in [0.25, 0.3) is 0 Å². The van der Waals surface area contributed by atoms with E-state index in [0.29, 0.717) is 6.04 Å². The van der Waals surface area contributed by atoms with Crippen LogP contribution in [-0.4, -0.2) is 24.0 Å². The second-order valence-corrected chi connectivity index (χ2v) is 7.66. The molecule has 0 unspecified atom stereocenters. The molecule has 1 N–H and O–H groups in total. The van der Waals surface area contributed by atoms with Crippen LogP contribution in [0.15, 0.2) is 57.5 Å². The number of nitrogens with one attached hydrogen (secondary N) is 1. The molecular weight excluding hydrogens is 404 g/mol. The van der Waals surface area contributed by atoms with Gasteiger partial charge < -0.3 is 5.32 Å². The average Bonchev–Trinajstić information content (AvgIpc) is 2.52. The van der Waals surface area contributed by atoms with E-state index >= 15 is 0 Å². The van der Waals surface area contributed by atoms with Crippen LogP contribution in [0.25, 0.3) is 0 Å². The van der Waals surface area contributed by atoms with E-state index in [-0.39, 0.29) is 0 Å². The maximum atomic E-state index is 3.65. The molecule has 0 aliphatic carbocycles. The number of anilines is 1. The predicted octanol–water partition coefficient (Wildman–Crippen LogP) is 5.29. The lowest BCUT2D eigenvalue weighted by atomic mass is 10.0. The van der Waals surface area contributed by atoms with E-state index in [9.17, 15) is 0 Å². The summed E-state index contributed by atoms with van der Waals surface area (Å²) in [7, 11) is 0. The number of piperidine rings is 1. The summed E-state index contributed by atoms with van der Waals surface area (Å²) in [6.45, 7) is 3.35. The fraction of sp³-hybridized carbons (Fsp3) is 0.333. The Labute approximate surface area is 149 Å². The van der Waals surface area contributed by atoms with Crippen LogP contribution in [0.3, 0.4) is 0 Å². The first kappa shape index (κ1) is 16.0. The van der Waals surface area contributed by atoms with Crippen molar-refractivity contribution in [3.05, 3.63) is 63.0 Å². The summed E-state index contributed by atoms with van der Waals surface area (Å²) in [5.74, 6) is 0. The number of benzene rings is 2. The van der Waals surface area contributed by atoms with Gasteiger partial charge in [-0.2, -0.15) is 0 Å². The Morgan fingerprint density at radius 2 is 1.68 bits per heavy atom. The van der Waals surface area contributed by atoms with E-state index in [2.05, 4.69) is 90.6 Å². The Bertz CT molecular complexity index is 605. The Morgan fingerprint density at radius 3 is 2.36 bits per heavy atom. The minimum Gasteiger partial charge on any atom is -0.382 e. The van der Waals surface area contributed by atoms with E-state index < -0.39 is 0 Å². The van der Waals surface area contributed by atoms with Crippen molar-refractivity contribution in [1.29, 1.82) is 0 Å². The molecule has 1 aliphatic rings. The normalized spacial score (nSPS) is 16.6. The molecular formula is C18H20Br2N2. The molecule has 22 heavy (non-hydrogen) atoms. The number of nitrogens with zero attached hydrogens (tertiary/aromatic N) is 1. The zero-order chi connectivity index (χ0) is 15.4. The van der Waals surface area contributed by atoms with Crippen LogP contribution in [0.5, 0.6) is 0 Å². The summed E-state index contributed by atoms with van der Waals surface area (Å²) in [6, 6.07) is 17.6. The van der Waals surface area contributed by atoms with Gasteiger partial charge in [-0.3, -0.25) is 4.90 Å². The number of likely N-dealkylation sites (tertiary alicyclic amines) is 1. The van der Waals surface area contributed by atoms with Crippen LogP contribution in [0.1, 0.15) is 18.4 Å². The minimum absolute atomic E-state index is 0.583. The minimum atomic E-state index is 0.583. The van der Waals surface area contributed by atoms with Crippen molar-refractivity contribution in [1.82, 2.24) is 4.90 Å². The van der Waals surface area contributed by atoms with Crippen molar-refractivity contribution in [3.63, 3.8) is 0 Å². The van der Waals surface area contributed by atoms with E-state index in [0.717, 1.165) is 28.6 Å². The number of hydrogen-bond donors (Lipinski definition) is 1. The van der Waals surface area contributed by atoms with E-state index in [4.69, 9.17) is 0 Å². The Balaban J connectivity index is 1.49. The summed E-state index contributed by atoms with van der Waals surface area (Å²) in [5.41, 5.74) is 2.60. The van der Waals surface area contributed by atoms with Crippen molar-refractivity contribution in [2.45, 2.75) is 25.4 Å². The van der Waals surface area contributed by atoms with Gasteiger partial charge in [0.2, 0.25) is 0 Å². The lowest BCUT2D eigenvalue weighted by molar-refractivity contribution is 0.211. The molecule has 3 rings (SSSR count). The van der Waals surface area contributed by atoms with E-state index in [1.165, 1.54) is 24.1 Å². The molecule has 116 valence electrons. The zero-order valence-electron chi connectivity index (χ0n) is 12.4. The first-order chi connectivity index (χ1) is 10.7. The standard InChI is InChI=1S/C18H20Br2N2/c19-15-4-6-17(7-5-15)21-18-8-10-22(11-9-18)13-14-2-1-3-16(20)12-14/h1-7,12,18,21H,8-11,13H2. The molecule has 1 aliphatic heterocycles. The highest BCUT2D eigenvalue weighted by molar-refractivity contribution is 9.10. The van der Waals surface area contributed by atoms with Gasteiger partial charge in [-0.05, 0) is 54.8 Å². The van der Waals surface area contributed by atoms with Crippen LogP contribution in [0.4, 0.5) is 5.69 Å². The van der Waals surface area contributed by atoms with Gasteiger partial charge in [-0.15, -0.1) is 0 Å². The van der Waals surface area contributed by atoms with Crippen molar-refractivity contribution in [3.8, 4) is 0 Å². The highest BCUT2D eigenvalue weighted by Gasteiger charge is 2.19. The first-order valence-electron chi connectivity index (χ1n) is 7.68. The lowest BCUT2D eigenvalue weighted by Crippen LogP contribution is -2.38. The summed E-state index contributed by atoms with van der Waals surface area (Å²) < 4.78 is 2.29. The highest BCUT2D eigenvalue weighted by atomic mass is 79.9. The maximum absolute atomic E-state index is 3.65. The molecule has 1 fully saturated rings. The van der Waals surface area contributed by atoms with Crippen molar-refractivity contribution in [2.75, 3.05) is 18.4 Å². The van der Waals surface area contributed by atoms with Gasteiger partial charge >= 0.3 is 0 Å². The van der Waals surface area contributed by atoms with Crippen molar-refractivity contribution >= 4 is 37.5 Å². The van der Waals surface area contributed by atoms with Gasteiger partial charge in [0.1, 0.15) is 0 Å². The van der Waals surface area contributed by atoms with Crippen molar-refractivity contribution < 1.29 is 0 Å². The number of hydrogen-bond acceptors (Lipinski definition) is 2. The molecule has 0 amide bonds. The lowest BCUT2D eigenvalue weighted by Gasteiger charge is -2.33. The van der Waals surface area contributed by atoms with E-state index in [1.54, 1.807) is 0 Å². The van der Waals surface area contributed by atoms with Gasteiger partial charge in [0.15, 0.2) is 0 Å². The Morgan fingerprint density at radius 1 is 0.955 bits per heavy atom. The maximum Gasteiger partial charge on any atom is 0.0343 e. The third-order valence-electron chi connectivity index (χ3n) is 4.10. The molecule has 4 heteroatoms. The average molecular weight is 424 g/mol. The Kier molecular flexibility index (Phi) is 5.55. The number of halogens is 2. The fourth-order valence-corrected chi connectivity index (χ4v) is 3.62. The molecule has 0 spiro atoms. The van der Waals surface area contributed by atoms with Gasteiger partial charge in [0, 0.05) is 40.3 Å². The van der Waals surface area contributed by atoms with Gasteiger partial charge in [-0.1, -0.05) is 44.0 Å². The second kappa shape index (κ2) is 7.62. The summed E-state index contributed by atoms with van der Waals surface area (Å²) in [6.07, 6.45) is 2.40. The molecule has 0 aromatic heterocycles. The summed E-state index contributed by atoms with van der Waals surface area (Å²) in [4.78, 5) is 2.54. The molecule has 2 aromatic rings. The molecule has 2 nitrogen and oxygen atoms in total. The highest BCUT2D eigenvalue weighted by Crippen LogP contribution is 2.20. The first-order valence-corrected chi connectivity index (χ1v) is 9.26. The Hall–Kier alpha value is -0.840. The molecule has 1 saturated heterocycles. The van der Waals surface area contributed by atoms with Crippen LogP contribution in [0, 0.1) is 0 Å². The van der Waals surface area contributed by atoms with Crippen LogP contribution < -0.4 is 5.32 Å². The third-order valence-corrected chi connectivity index (χ3v) is 5.12. The topological polar surface area (TPSA) is 15.3 Å². The molecule has 0 atom stereocenters. The summed E-state index contributed by atoms with van der Waals surface area (Å²) in [5, 5.41) is 3.65. The smallest absolute Gasteiger partial charge is 0.0343 e. The largest absolute Gasteiger partial charge is 0.382 e. The van der Waals surface area contributed by atoms with Crippen molar-refractivity contribution in [2.24, 2.45) is 0 Å². The second-order valence-electron chi connectivity index (χ2n) is 5.83. The van der Waals surface area contributed by atoms with Crippen LogP contribution in [-0.2, 0) is 6.54 Å². The van der Waals surface area contributed by atoms with Gasteiger partial charge in [-0.25, -0.2) is 0 Å². The fourth-order valence-electron chi connectivity index (χ4n) is 2.91. The van der Waals surface area contributed by atoms with E-state index in [1.807, 2.05) is 0 Å². The molecule has 0 saturated carbocycles. The van der Waals surface area contributed by atoms with Crippen LogP contribution >= 0.6 is 31.9 Å². The summed E-state index contributed by atoms with van der Waals surface area (Å²) >= 11 is 7.02. The quantitative estimate of drug-likeness (QED) is 0.718. The molecule has 1 heterocycles.